The molecule has 2 heterocycles. The van der Waals surface area contributed by atoms with Crippen LogP contribution < -0.4 is 5.32 Å². The zero-order chi connectivity index (χ0) is 17.6. The fourth-order valence-electron chi connectivity index (χ4n) is 3.06. The maximum Gasteiger partial charge on any atom is 0.264 e. The molecule has 1 saturated heterocycles. The summed E-state index contributed by atoms with van der Waals surface area (Å²) >= 11 is 1.35. The number of thioether (sulfide) groups is 1. The Balaban J connectivity index is 1.56. The van der Waals surface area contributed by atoms with Crippen LogP contribution in [0.15, 0.2) is 44.6 Å². The number of carbonyl (C=O) groups is 1. The molecule has 2 aliphatic rings. The molecule has 25 heavy (non-hydrogen) atoms. The van der Waals surface area contributed by atoms with E-state index in [1.807, 2.05) is 44.2 Å². The van der Waals surface area contributed by atoms with Crippen LogP contribution in [0.4, 0.5) is 5.69 Å². The molecule has 0 radical (unpaired) electrons. The van der Waals surface area contributed by atoms with Gasteiger partial charge in [0.25, 0.3) is 5.91 Å². The molecule has 1 aliphatic heterocycles. The van der Waals surface area contributed by atoms with E-state index in [1.54, 1.807) is 6.08 Å². The van der Waals surface area contributed by atoms with Crippen molar-refractivity contribution in [1.29, 1.82) is 0 Å². The summed E-state index contributed by atoms with van der Waals surface area (Å²) in [5.74, 6) is 2.85. The molecule has 0 unspecified atom stereocenters. The van der Waals surface area contributed by atoms with E-state index >= 15 is 0 Å². The average molecular weight is 352 g/mol. The van der Waals surface area contributed by atoms with Gasteiger partial charge in [0.1, 0.15) is 11.5 Å². The Hall–Kier alpha value is -2.27. The van der Waals surface area contributed by atoms with Crippen molar-refractivity contribution < 1.29 is 9.21 Å². The lowest BCUT2D eigenvalue weighted by Crippen LogP contribution is -2.19. The maximum atomic E-state index is 12.2. The van der Waals surface area contributed by atoms with Gasteiger partial charge >= 0.3 is 0 Å². The summed E-state index contributed by atoms with van der Waals surface area (Å²) < 4.78 is 5.87. The van der Waals surface area contributed by atoms with Crippen LogP contribution in [0.1, 0.15) is 41.9 Å². The van der Waals surface area contributed by atoms with E-state index in [4.69, 9.17) is 4.42 Å². The Labute approximate surface area is 151 Å². The molecule has 1 aromatic heterocycles. The molecule has 2 atom stereocenters. The first-order valence-electron chi connectivity index (χ1n) is 8.47. The molecular weight excluding hydrogens is 332 g/mol. The average Bonchev–Trinajstić information content (AvgIpc) is 2.97. The Bertz CT molecular complexity index is 890. The third-order valence-electron chi connectivity index (χ3n) is 4.70. The van der Waals surface area contributed by atoms with E-state index in [9.17, 15) is 4.79 Å². The van der Waals surface area contributed by atoms with Gasteiger partial charge in [-0.1, -0.05) is 25.1 Å². The molecule has 128 valence electrons. The number of hydrogen-bond donors (Lipinski definition) is 1. The molecule has 1 N–H and O–H groups in total. The molecule has 4 rings (SSSR count). The number of amides is 1. The van der Waals surface area contributed by atoms with E-state index in [0.717, 1.165) is 28.3 Å². The third-order valence-corrected chi connectivity index (χ3v) is 5.61. The third kappa shape index (κ3) is 3.29. The van der Waals surface area contributed by atoms with Gasteiger partial charge in [0.15, 0.2) is 5.17 Å². The van der Waals surface area contributed by atoms with Crippen LogP contribution in [0, 0.1) is 19.8 Å². The van der Waals surface area contributed by atoms with Crippen LogP contribution in [0.25, 0.3) is 6.08 Å². The maximum absolute atomic E-state index is 12.2. The topological polar surface area (TPSA) is 54.6 Å². The zero-order valence-electron chi connectivity index (χ0n) is 14.5. The molecule has 2 aromatic rings. The normalized spacial score (nSPS) is 25.6. The number of amidine groups is 1. The number of furan rings is 1. The highest BCUT2D eigenvalue weighted by molar-refractivity contribution is 8.18. The van der Waals surface area contributed by atoms with Crippen molar-refractivity contribution >= 4 is 34.6 Å². The minimum Gasteiger partial charge on any atom is -0.461 e. The number of para-hydroxylation sites is 1. The number of nitrogens with one attached hydrogen (secondary N) is 1. The van der Waals surface area contributed by atoms with Gasteiger partial charge in [-0.25, -0.2) is 4.99 Å². The highest BCUT2D eigenvalue weighted by Crippen LogP contribution is 2.47. The van der Waals surface area contributed by atoms with Crippen LogP contribution in [0.3, 0.4) is 0 Å². The number of aryl methyl sites for hydroxylation is 2. The first-order chi connectivity index (χ1) is 12.0. The number of hydrogen-bond acceptors (Lipinski definition) is 4. The van der Waals surface area contributed by atoms with E-state index < -0.39 is 0 Å². The molecule has 1 aliphatic carbocycles. The number of rotatable bonds is 3. The molecule has 5 heteroatoms. The molecule has 1 saturated carbocycles. The van der Waals surface area contributed by atoms with Gasteiger partial charge in [-0.15, -0.1) is 0 Å². The van der Waals surface area contributed by atoms with Gasteiger partial charge < -0.3 is 9.73 Å². The van der Waals surface area contributed by atoms with Crippen molar-refractivity contribution in [1.82, 2.24) is 5.32 Å². The SMILES string of the molecule is Cc1cccc(C)c1N=C1NC(=O)/C(=C/c2ccc([C@@H]3C[C@@H]3C)o2)S1. The van der Waals surface area contributed by atoms with E-state index in [2.05, 4.69) is 17.2 Å². The number of benzene rings is 1. The smallest absolute Gasteiger partial charge is 0.264 e. The largest absolute Gasteiger partial charge is 0.461 e. The molecule has 2 fully saturated rings. The lowest BCUT2D eigenvalue weighted by molar-refractivity contribution is -0.115. The van der Waals surface area contributed by atoms with Crippen molar-refractivity contribution in [2.24, 2.45) is 10.9 Å². The first-order valence-corrected chi connectivity index (χ1v) is 9.28. The molecular formula is C20H20N2O2S. The van der Waals surface area contributed by atoms with Gasteiger partial charge in [-0.3, -0.25) is 4.79 Å². The molecule has 1 amide bonds. The lowest BCUT2D eigenvalue weighted by atomic mass is 10.1. The zero-order valence-corrected chi connectivity index (χ0v) is 15.3. The summed E-state index contributed by atoms with van der Waals surface area (Å²) in [6, 6.07) is 10.0. The van der Waals surface area contributed by atoms with E-state index in [0.29, 0.717) is 21.9 Å². The van der Waals surface area contributed by atoms with Crippen LogP contribution in [0.5, 0.6) is 0 Å². The van der Waals surface area contributed by atoms with Crippen molar-refractivity contribution in [3.63, 3.8) is 0 Å². The van der Waals surface area contributed by atoms with Crippen molar-refractivity contribution in [2.75, 3.05) is 0 Å². The van der Waals surface area contributed by atoms with Gasteiger partial charge in [0, 0.05) is 12.0 Å². The van der Waals surface area contributed by atoms with Crippen LogP contribution in [0.2, 0.25) is 0 Å². The minimum absolute atomic E-state index is 0.132. The standard InChI is InChI=1S/C20H20N2O2S/c1-11-5-4-6-12(2)18(11)21-20-22-19(23)17(25-20)10-14-7-8-16(24-14)15-9-13(15)3/h4-8,10,13,15H,9H2,1-3H3,(H,21,22,23)/b17-10-/t13-,15+/m0/s1. The lowest BCUT2D eigenvalue weighted by Gasteiger charge is -2.04. The number of aliphatic imine (C=N–C) groups is 1. The monoisotopic (exact) mass is 352 g/mol. The predicted octanol–water partition coefficient (Wildman–Crippen LogP) is 4.91. The summed E-state index contributed by atoms with van der Waals surface area (Å²) in [4.78, 5) is 17.5. The molecule has 4 nitrogen and oxygen atoms in total. The molecule has 1 aromatic carbocycles. The van der Waals surface area contributed by atoms with E-state index in [-0.39, 0.29) is 5.91 Å². The van der Waals surface area contributed by atoms with E-state index in [1.165, 1.54) is 18.2 Å². The van der Waals surface area contributed by atoms with Gasteiger partial charge in [-0.05, 0) is 61.2 Å². The van der Waals surface area contributed by atoms with Gasteiger partial charge in [0.2, 0.25) is 0 Å². The van der Waals surface area contributed by atoms with Gasteiger partial charge in [-0.2, -0.15) is 0 Å². The highest BCUT2D eigenvalue weighted by atomic mass is 32.2. The summed E-state index contributed by atoms with van der Waals surface area (Å²) in [6.07, 6.45) is 2.98. The Morgan fingerprint density at radius 1 is 1.24 bits per heavy atom. The summed E-state index contributed by atoms with van der Waals surface area (Å²) in [5, 5.41) is 3.45. The number of nitrogens with zero attached hydrogens (tertiary/aromatic N) is 1. The second-order valence-electron chi connectivity index (χ2n) is 6.78. The first kappa shape index (κ1) is 16.2. The Morgan fingerprint density at radius 3 is 2.64 bits per heavy atom. The van der Waals surface area contributed by atoms with Crippen LogP contribution in [-0.2, 0) is 4.79 Å². The van der Waals surface area contributed by atoms with Crippen molar-refractivity contribution in [2.45, 2.75) is 33.1 Å². The predicted molar refractivity (Wildman–Crippen MR) is 102 cm³/mol. The minimum atomic E-state index is -0.132. The fourth-order valence-corrected chi connectivity index (χ4v) is 3.86. The second-order valence-corrected chi connectivity index (χ2v) is 7.81. The summed E-state index contributed by atoms with van der Waals surface area (Å²) in [5.41, 5.74) is 3.09. The quantitative estimate of drug-likeness (QED) is 0.799. The van der Waals surface area contributed by atoms with Gasteiger partial charge in [0.05, 0.1) is 10.6 Å². The van der Waals surface area contributed by atoms with Crippen LogP contribution in [-0.4, -0.2) is 11.1 Å². The van der Waals surface area contributed by atoms with Crippen molar-refractivity contribution in [3.8, 4) is 0 Å². The summed E-state index contributed by atoms with van der Waals surface area (Å²) in [7, 11) is 0. The highest BCUT2D eigenvalue weighted by Gasteiger charge is 2.36. The Kier molecular flexibility index (Phi) is 4.04. The van der Waals surface area contributed by atoms with Crippen molar-refractivity contribution in [3.05, 3.63) is 57.9 Å². The van der Waals surface area contributed by atoms with Crippen LogP contribution >= 0.6 is 11.8 Å². The number of carbonyl (C=O) groups excluding carboxylic acids is 1. The summed E-state index contributed by atoms with van der Waals surface area (Å²) in [6.45, 7) is 6.27. The molecule has 0 bridgehead atoms. The second kappa shape index (κ2) is 6.23. The fraction of sp³-hybridized carbons (Fsp3) is 0.300. The molecule has 0 spiro atoms. The Morgan fingerprint density at radius 2 is 1.96 bits per heavy atom.